The van der Waals surface area contributed by atoms with Crippen LogP contribution in [-0.2, 0) is 0 Å². The highest BCUT2D eigenvalue weighted by atomic mass is 14.1. The maximum Gasteiger partial charge on any atom is -0.0385 e. The summed E-state index contributed by atoms with van der Waals surface area (Å²) in [4.78, 5) is 0. The van der Waals surface area contributed by atoms with Gasteiger partial charge in [0.15, 0.2) is 0 Å². The Labute approximate surface area is 592 Å². The molecule has 0 heterocycles. The molecule has 0 fully saturated rings. The molecule has 0 amide bonds. The minimum Gasteiger partial charge on any atom is -0.0654 e. The summed E-state index contributed by atoms with van der Waals surface area (Å²) in [6, 6.07) is 0. The minimum atomic E-state index is 0.500. The lowest BCUT2D eigenvalue weighted by Gasteiger charge is -2.12. The van der Waals surface area contributed by atoms with Crippen LogP contribution in [0.3, 0.4) is 0 Å². The van der Waals surface area contributed by atoms with Gasteiger partial charge in [-0.05, 0) is 75.9 Å². The molecular formula is C90H216. The lowest BCUT2D eigenvalue weighted by Crippen LogP contribution is -2.00. The van der Waals surface area contributed by atoms with E-state index in [1.807, 2.05) is 0 Å². The maximum absolute atomic E-state index is 2.28. The summed E-state index contributed by atoms with van der Waals surface area (Å²) in [6.45, 7) is 113. The monoisotopic (exact) mass is 1300 g/mol. The van der Waals surface area contributed by atoms with Crippen molar-refractivity contribution in [3.63, 3.8) is 0 Å². The molecule has 0 heteroatoms. The van der Waals surface area contributed by atoms with E-state index in [1.54, 1.807) is 0 Å². The molecule has 0 nitrogen and oxygen atoms in total. The summed E-state index contributed by atoms with van der Waals surface area (Å²) in [5, 5.41) is 0. The SMILES string of the molecule is CC(C)(C)C.CC(C)C.CC(C)C.CC(C)C(C)C.CCC(C)(C)C.CCC(C)C.CCC(C)C.CCC(C)C.CCC(C)C.CCC(C)C.CCC(C)CC.CCCC.CCCC.CCCC.CCCC.CCCC(C)C.CCCCC.CCCCCCC. The molecule has 0 aliphatic heterocycles. The van der Waals surface area contributed by atoms with Gasteiger partial charge in [0.2, 0.25) is 0 Å². The Morgan fingerprint density at radius 3 is 0.367 bits per heavy atom. The van der Waals surface area contributed by atoms with Crippen molar-refractivity contribution in [1.29, 1.82) is 0 Å². The largest absolute Gasteiger partial charge is 0.0654 e. The quantitative estimate of drug-likeness (QED) is 0.107. The van der Waals surface area contributed by atoms with E-state index in [2.05, 4.69) is 353 Å². The third kappa shape index (κ3) is 576. The first kappa shape index (κ1) is 138. The van der Waals surface area contributed by atoms with Gasteiger partial charge in [-0.15, -0.1) is 0 Å². The highest BCUT2D eigenvalue weighted by Gasteiger charge is 2.03. The molecule has 0 aliphatic rings. The van der Waals surface area contributed by atoms with Gasteiger partial charge in [0.25, 0.3) is 0 Å². The zero-order valence-electron chi connectivity index (χ0n) is 76.7. The second kappa shape index (κ2) is 137. The minimum absolute atomic E-state index is 0.500. The molecule has 0 aliphatic carbocycles. The topological polar surface area (TPSA) is 0 Å². The van der Waals surface area contributed by atoms with E-state index in [0.717, 1.165) is 65.1 Å². The summed E-state index contributed by atoms with van der Waals surface area (Å²) < 4.78 is 0. The summed E-state index contributed by atoms with van der Waals surface area (Å²) >= 11 is 0. The molecule has 0 atom stereocenters. The fourth-order valence-electron chi connectivity index (χ4n) is 1.90. The van der Waals surface area contributed by atoms with Gasteiger partial charge < -0.3 is 0 Å². The number of hydrogen-bond donors (Lipinski definition) is 0. The summed E-state index contributed by atoms with van der Waals surface area (Å²) in [5.74, 6) is 9.62. The first-order valence-electron chi connectivity index (χ1n) is 41.1. The smallest absolute Gasteiger partial charge is 0.0385 e. The Morgan fingerprint density at radius 1 is 0.200 bits per heavy atom. The summed E-state index contributed by atoms with van der Waals surface area (Å²) in [7, 11) is 0. The lowest BCUT2D eigenvalue weighted by molar-refractivity contribution is 0.398. The van der Waals surface area contributed by atoms with Gasteiger partial charge in [-0.3, -0.25) is 0 Å². The van der Waals surface area contributed by atoms with Gasteiger partial charge in [0.05, 0.1) is 0 Å². The van der Waals surface area contributed by atoms with Crippen LogP contribution >= 0.6 is 0 Å². The molecule has 0 aromatic carbocycles. The van der Waals surface area contributed by atoms with E-state index in [0.29, 0.717) is 10.8 Å². The molecule has 0 bridgehead atoms. The number of rotatable bonds is 20. The highest BCUT2D eigenvalue weighted by Crippen LogP contribution is 2.16. The van der Waals surface area contributed by atoms with Crippen molar-refractivity contribution in [3.8, 4) is 0 Å². The van der Waals surface area contributed by atoms with Crippen molar-refractivity contribution in [2.45, 2.75) is 520 Å². The average molecular weight is 1300 g/mol. The van der Waals surface area contributed by atoms with Crippen LogP contribution in [-0.4, -0.2) is 0 Å². The average Bonchev–Trinajstić information content (AvgIpc) is 3.46. The van der Waals surface area contributed by atoms with Crippen LogP contribution in [0.25, 0.3) is 0 Å². The molecule has 0 N–H and O–H groups in total. The van der Waals surface area contributed by atoms with Gasteiger partial charge in [-0.2, -0.15) is 0 Å². The van der Waals surface area contributed by atoms with Crippen molar-refractivity contribution in [1.82, 2.24) is 0 Å². The van der Waals surface area contributed by atoms with Crippen molar-refractivity contribution in [2.75, 3.05) is 0 Å². The Bertz CT molecular complexity index is 730. The maximum atomic E-state index is 2.28. The Kier molecular flexibility index (Phi) is 209. The fourth-order valence-corrected chi connectivity index (χ4v) is 1.90. The summed E-state index contributed by atoms with van der Waals surface area (Å²) in [5.41, 5.74) is 1.04. The molecule has 0 rings (SSSR count). The molecule has 0 saturated carbocycles. The normalized spacial score (nSPS) is 9.53. The van der Waals surface area contributed by atoms with Crippen LogP contribution in [0.2, 0.25) is 0 Å². The van der Waals surface area contributed by atoms with Gasteiger partial charge >= 0.3 is 0 Å². The van der Waals surface area contributed by atoms with Crippen molar-refractivity contribution in [2.24, 2.45) is 75.9 Å². The van der Waals surface area contributed by atoms with Crippen LogP contribution in [0.4, 0.5) is 0 Å². The Morgan fingerprint density at radius 2 is 0.344 bits per heavy atom. The predicted molar refractivity (Wildman–Crippen MR) is 453 cm³/mol. The van der Waals surface area contributed by atoms with Crippen LogP contribution < -0.4 is 0 Å². The van der Waals surface area contributed by atoms with Gasteiger partial charge in [0.1, 0.15) is 0 Å². The van der Waals surface area contributed by atoms with Crippen molar-refractivity contribution in [3.05, 3.63) is 0 Å². The third-order valence-corrected chi connectivity index (χ3v) is 12.7. The third-order valence-electron chi connectivity index (χ3n) is 12.7. The van der Waals surface area contributed by atoms with Crippen LogP contribution in [0.5, 0.6) is 0 Å². The molecule has 0 saturated heterocycles. The van der Waals surface area contributed by atoms with E-state index < -0.39 is 0 Å². The lowest BCUT2D eigenvalue weighted by atomic mass is 9.94. The van der Waals surface area contributed by atoms with Gasteiger partial charge in [-0.1, -0.05) is 520 Å². The zero-order valence-corrected chi connectivity index (χ0v) is 76.7. The van der Waals surface area contributed by atoms with E-state index >= 15 is 0 Å². The van der Waals surface area contributed by atoms with E-state index in [9.17, 15) is 0 Å². The molecule has 90 heavy (non-hydrogen) atoms. The molecular weight excluding hydrogens is 1080 g/mol. The van der Waals surface area contributed by atoms with E-state index in [4.69, 9.17) is 0 Å². The van der Waals surface area contributed by atoms with Gasteiger partial charge in [0, 0.05) is 0 Å². The van der Waals surface area contributed by atoms with Crippen molar-refractivity contribution < 1.29 is 0 Å². The Balaban J connectivity index is -0.0000000382. The van der Waals surface area contributed by atoms with Crippen molar-refractivity contribution >= 4 is 0 Å². The van der Waals surface area contributed by atoms with E-state index in [-0.39, 0.29) is 0 Å². The van der Waals surface area contributed by atoms with Crippen LogP contribution in [0.1, 0.15) is 520 Å². The predicted octanol–water partition coefficient (Wildman–Crippen LogP) is 37.7. The summed E-state index contributed by atoms with van der Waals surface area (Å²) in [6.07, 6.45) is 34.8. The number of hydrogen-bond acceptors (Lipinski definition) is 0. The molecule has 576 valence electrons. The molecule has 0 aromatic heterocycles. The molecule has 0 unspecified atom stereocenters. The first-order chi connectivity index (χ1) is 41.1. The second-order valence-corrected chi connectivity index (χ2v) is 32.4. The molecule has 0 radical (unpaired) electrons. The van der Waals surface area contributed by atoms with E-state index in [1.165, 1.54) is 167 Å². The second-order valence-electron chi connectivity index (χ2n) is 32.4. The number of unbranched alkanes of at least 4 members (excludes halogenated alkanes) is 10. The van der Waals surface area contributed by atoms with Crippen LogP contribution in [0, 0.1) is 75.9 Å². The molecule has 0 spiro atoms. The van der Waals surface area contributed by atoms with Gasteiger partial charge in [-0.25, -0.2) is 0 Å². The first-order valence-corrected chi connectivity index (χ1v) is 41.1. The molecule has 0 aromatic rings. The fraction of sp³-hybridized carbons (Fsp3) is 1.00. The van der Waals surface area contributed by atoms with Crippen LogP contribution in [0.15, 0.2) is 0 Å². The zero-order chi connectivity index (χ0) is 76.7. The standard InChI is InChI=1S/C7H16.4C6H14.7C5H12.6C4H10/c1-3-5-7-6-4-2;1-5-6(2,3)4;1-5(2)6(3)4;1-4-5-6(2)3;1-4-6(3)5-2;1-5(2,3)4;5*1-4-5(2)3;1-3-5-4-2;2*1-4(2)3;4*1-3-4-2/h3-7H2,1-2H3;5H2,1-4H3;5-6H,1-4H3;2*6H,4-5H2,1-3H3;1-4H3;5*5H,4H2,1-3H3;3-5H2,1-2H3;2*4H,1-3H3;4*3-4H2,1-2H3. The Hall–Kier alpha value is 0. The highest BCUT2D eigenvalue weighted by molar-refractivity contribution is 4.55.